The Bertz CT molecular complexity index is 1420. The van der Waals surface area contributed by atoms with E-state index < -0.39 is 22.8 Å². The number of halogens is 1. The summed E-state index contributed by atoms with van der Waals surface area (Å²) in [6, 6.07) is 18.8. The van der Waals surface area contributed by atoms with E-state index in [-0.39, 0.29) is 23.4 Å². The molecule has 0 atom stereocenters. The van der Waals surface area contributed by atoms with Gasteiger partial charge in [-0.25, -0.2) is 9.18 Å². The topological polar surface area (TPSA) is 92.6 Å². The molecule has 0 aliphatic heterocycles. The standard InChI is InChI=1S/C27H26FN3O4/c1-29-12-13-30-23-22(28)14-20-24(26(23)35-2)31(16-21(25(20)32)27(33)34)15-17-8-10-19(11-9-17)18-6-4-3-5-7-18/h3-11,14,16,29-30H,12-13,15H2,1-2H3,(H,33,34). The maximum absolute atomic E-state index is 15.0. The highest BCUT2D eigenvalue weighted by atomic mass is 19.1. The number of nitrogens with one attached hydrogen (secondary N) is 2. The molecule has 4 rings (SSSR count). The molecule has 3 N–H and O–H groups in total. The number of pyridine rings is 1. The fraction of sp³-hybridized carbons (Fsp3) is 0.185. The molecule has 1 heterocycles. The number of rotatable bonds is 9. The van der Waals surface area contributed by atoms with Crippen LogP contribution in [0.5, 0.6) is 5.75 Å². The van der Waals surface area contributed by atoms with Gasteiger partial charge in [-0.3, -0.25) is 4.79 Å². The van der Waals surface area contributed by atoms with Crippen molar-refractivity contribution < 1.29 is 19.0 Å². The van der Waals surface area contributed by atoms with Crippen molar-refractivity contribution in [2.45, 2.75) is 6.54 Å². The Hall–Kier alpha value is -4.17. The lowest BCUT2D eigenvalue weighted by Gasteiger charge is -2.19. The first-order valence-electron chi connectivity index (χ1n) is 11.1. The van der Waals surface area contributed by atoms with Gasteiger partial charge in [0.15, 0.2) is 11.6 Å². The predicted molar refractivity (Wildman–Crippen MR) is 135 cm³/mol. The van der Waals surface area contributed by atoms with Gasteiger partial charge in [0.2, 0.25) is 5.43 Å². The van der Waals surface area contributed by atoms with Gasteiger partial charge in [0.25, 0.3) is 0 Å². The molecule has 35 heavy (non-hydrogen) atoms. The second-order valence-electron chi connectivity index (χ2n) is 8.06. The minimum atomic E-state index is -1.37. The smallest absolute Gasteiger partial charge is 0.341 e. The summed E-state index contributed by atoms with van der Waals surface area (Å²) >= 11 is 0. The second kappa shape index (κ2) is 10.4. The first-order valence-corrected chi connectivity index (χ1v) is 11.1. The summed E-state index contributed by atoms with van der Waals surface area (Å²) < 4.78 is 22.2. The van der Waals surface area contributed by atoms with Crippen LogP contribution in [0.1, 0.15) is 15.9 Å². The van der Waals surface area contributed by atoms with E-state index in [0.717, 1.165) is 22.8 Å². The Morgan fingerprint density at radius 3 is 2.37 bits per heavy atom. The highest BCUT2D eigenvalue weighted by Crippen LogP contribution is 2.36. The molecule has 0 bridgehead atoms. The zero-order valence-electron chi connectivity index (χ0n) is 19.5. The zero-order valence-corrected chi connectivity index (χ0v) is 19.5. The number of aromatic carboxylic acids is 1. The number of anilines is 1. The Kier molecular flexibility index (Phi) is 7.12. The van der Waals surface area contributed by atoms with E-state index in [0.29, 0.717) is 18.6 Å². The number of methoxy groups -OCH3 is 1. The van der Waals surface area contributed by atoms with E-state index in [2.05, 4.69) is 10.6 Å². The maximum atomic E-state index is 15.0. The van der Waals surface area contributed by atoms with Crippen LogP contribution < -0.4 is 20.8 Å². The summed E-state index contributed by atoms with van der Waals surface area (Å²) in [5, 5.41) is 15.5. The number of nitrogens with zero attached hydrogens (tertiary/aromatic N) is 1. The lowest BCUT2D eigenvalue weighted by atomic mass is 10.0. The fourth-order valence-corrected chi connectivity index (χ4v) is 4.08. The second-order valence-corrected chi connectivity index (χ2v) is 8.06. The first kappa shape index (κ1) is 24.0. The third kappa shape index (κ3) is 4.88. The molecule has 4 aromatic rings. The van der Waals surface area contributed by atoms with Gasteiger partial charge in [-0.1, -0.05) is 54.6 Å². The molecule has 0 fully saturated rings. The molecule has 0 amide bonds. The SMILES string of the molecule is CNCCNc1c(F)cc2c(=O)c(C(=O)O)cn(Cc3ccc(-c4ccccc4)cc3)c2c1OC. The van der Waals surface area contributed by atoms with Crippen LogP contribution in [-0.2, 0) is 6.54 Å². The molecule has 8 heteroatoms. The molecule has 0 unspecified atom stereocenters. The summed E-state index contributed by atoms with van der Waals surface area (Å²) in [5.41, 5.74) is 2.24. The van der Waals surface area contributed by atoms with E-state index in [1.165, 1.54) is 13.3 Å². The van der Waals surface area contributed by atoms with Gasteiger partial charge in [0, 0.05) is 25.8 Å². The van der Waals surface area contributed by atoms with Crippen LogP contribution in [0.15, 0.2) is 71.7 Å². The van der Waals surface area contributed by atoms with Crippen molar-refractivity contribution in [3.05, 3.63) is 94.0 Å². The lowest BCUT2D eigenvalue weighted by molar-refractivity contribution is 0.0695. The number of carbonyl (C=O) groups is 1. The Balaban J connectivity index is 1.85. The minimum absolute atomic E-state index is 0.0562. The summed E-state index contributed by atoms with van der Waals surface area (Å²) in [7, 11) is 3.18. The van der Waals surface area contributed by atoms with Crippen molar-refractivity contribution >= 4 is 22.6 Å². The van der Waals surface area contributed by atoms with Crippen molar-refractivity contribution in [1.29, 1.82) is 0 Å². The predicted octanol–water partition coefficient (Wildman–Crippen LogP) is 4.19. The first-order chi connectivity index (χ1) is 16.9. The van der Waals surface area contributed by atoms with Crippen LogP contribution in [0.2, 0.25) is 0 Å². The van der Waals surface area contributed by atoms with Crippen molar-refractivity contribution in [2.75, 3.05) is 32.6 Å². The van der Waals surface area contributed by atoms with Gasteiger partial charge >= 0.3 is 5.97 Å². The summed E-state index contributed by atoms with van der Waals surface area (Å²) in [6.45, 7) is 1.26. The van der Waals surface area contributed by atoms with Gasteiger partial charge in [0.05, 0.1) is 18.0 Å². The molecule has 180 valence electrons. The molecule has 0 saturated carbocycles. The lowest BCUT2D eigenvalue weighted by Crippen LogP contribution is -2.22. The number of carboxylic acid groups (broad SMARTS) is 1. The average Bonchev–Trinajstić information content (AvgIpc) is 2.87. The Morgan fingerprint density at radius 1 is 1.06 bits per heavy atom. The molecule has 0 aliphatic carbocycles. The molecule has 0 spiro atoms. The van der Waals surface area contributed by atoms with Crippen LogP contribution in [0.4, 0.5) is 10.1 Å². The Labute approximate surface area is 201 Å². The third-order valence-electron chi connectivity index (χ3n) is 5.79. The largest absolute Gasteiger partial charge is 0.492 e. The summed E-state index contributed by atoms with van der Waals surface area (Å²) in [4.78, 5) is 24.7. The summed E-state index contributed by atoms with van der Waals surface area (Å²) in [6.07, 6.45) is 1.29. The number of hydrogen-bond acceptors (Lipinski definition) is 5. The number of ether oxygens (including phenoxy) is 1. The maximum Gasteiger partial charge on any atom is 0.341 e. The van der Waals surface area contributed by atoms with E-state index in [9.17, 15) is 14.7 Å². The molecule has 0 aliphatic rings. The summed E-state index contributed by atoms with van der Waals surface area (Å²) in [5.74, 6) is -1.92. The Morgan fingerprint density at radius 2 is 1.74 bits per heavy atom. The van der Waals surface area contributed by atoms with Crippen LogP contribution in [0.25, 0.3) is 22.0 Å². The van der Waals surface area contributed by atoms with Crippen LogP contribution in [0.3, 0.4) is 0 Å². The quantitative estimate of drug-likeness (QED) is 0.315. The number of aromatic nitrogens is 1. The van der Waals surface area contributed by atoms with Crippen molar-refractivity contribution in [1.82, 2.24) is 9.88 Å². The van der Waals surface area contributed by atoms with E-state index in [1.54, 1.807) is 11.6 Å². The number of likely N-dealkylation sites (N-methyl/N-ethyl adjacent to an activating group) is 1. The van der Waals surface area contributed by atoms with Crippen molar-refractivity contribution in [3.63, 3.8) is 0 Å². The van der Waals surface area contributed by atoms with E-state index >= 15 is 4.39 Å². The molecule has 0 saturated heterocycles. The number of hydrogen-bond donors (Lipinski definition) is 3. The number of carboxylic acids is 1. The van der Waals surface area contributed by atoms with Gasteiger partial charge < -0.3 is 25.0 Å². The number of fused-ring (bicyclic) bond motifs is 1. The molecule has 0 radical (unpaired) electrons. The fourth-order valence-electron chi connectivity index (χ4n) is 4.08. The van der Waals surface area contributed by atoms with Gasteiger partial charge in [-0.15, -0.1) is 0 Å². The zero-order chi connectivity index (χ0) is 24.9. The highest BCUT2D eigenvalue weighted by molar-refractivity contribution is 5.96. The van der Waals surface area contributed by atoms with E-state index in [1.807, 2.05) is 54.6 Å². The highest BCUT2D eigenvalue weighted by Gasteiger charge is 2.22. The molecule has 1 aromatic heterocycles. The number of benzene rings is 3. The minimum Gasteiger partial charge on any atom is -0.492 e. The normalized spacial score (nSPS) is 10.9. The third-order valence-corrected chi connectivity index (χ3v) is 5.79. The van der Waals surface area contributed by atoms with Gasteiger partial charge in [0.1, 0.15) is 11.3 Å². The molecule has 3 aromatic carbocycles. The van der Waals surface area contributed by atoms with Crippen LogP contribution in [-0.4, -0.2) is 42.9 Å². The molecular formula is C27H26FN3O4. The monoisotopic (exact) mass is 475 g/mol. The van der Waals surface area contributed by atoms with Crippen LogP contribution >= 0.6 is 0 Å². The molecular weight excluding hydrogens is 449 g/mol. The van der Waals surface area contributed by atoms with Gasteiger partial charge in [-0.2, -0.15) is 0 Å². The average molecular weight is 476 g/mol. The van der Waals surface area contributed by atoms with Crippen molar-refractivity contribution in [2.24, 2.45) is 0 Å². The van der Waals surface area contributed by atoms with E-state index in [4.69, 9.17) is 4.74 Å². The van der Waals surface area contributed by atoms with Crippen LogP contribution in [0, 0.1) is 5.82 Å². The van der Waals surface area contributed by atoms with Crippen molar-refractivity contribution in [3.8, 4) is 16.9 Å². The molecule has 7 nitrogen and oxygen atoms in total. The van der Waals surface area contributed by atoms with Gasteiger partial charge in [-0.05, 0) is 29.8 Å².